The Hall–Kier alpha value is -0.290. The maximum atomic E-state index is 12.2. The van der Waals surface area contributed by atoms with Gasteiger partial charge in [-0.2, -0.15) is 13.2 Å². The van der Waals surface area contributed by atoms with Crippen molar-refractivity contribution in [3.05, 3.63) is 0 Å². The Balaban J connectivity index is 2.27. The zero-order chi connectivity index (χ0) is 13.6. The lowest BCUT2D eigenvalue weighted by Crippen LogP contribution is -2.42. The fourth-order valence-electron chi connectivity index (χ4n) is 2.67. The van der Waals surface area contributed by atoms with E-state index in [1.807, 2.05) is 0 Å². The lowest BCUT2D eigenvalue weighted by molar-refractivity contribution is -0.202. The SMILES string of the molecule is CCCC1CCCC(NCC(O)C(F)(F)F)CC1. The molecule has 0 spiro atoms. The van der Waals surface area contributed by atoms with Crippen molar-refractivity contribution in [2.45, 2.75) is 70.2 Å². The van der Waals surface area contributed by atoms with E-state index in [1.165, 1.54) is 19.3 Å². The lowest BCUT2D eigenvalue weighted by Gasteiger charge is -2.20. The minimum Gasteiger partial charge on any atom is -0.382 e. The third-order valence-electron chi connectivity index (χ3n) is 3.76. The first-order valence-electron chi connectivity index (χ1n) is 6.91. The van der Waals surface area contributed by atoms with Crippen LogP contribution in [0, 0.1) is 5.92 Å². The first-order valence-corrected chi connectivity index (χ1v) is 6.91. The molecule has 3 atom stereocenters. The van der Waals surface area contributed by atoms with Gasteiger partial charge < -0.3 is 10.4 Å². The number of aliphatic hydroxyl groups excluding tert-OH is 1. The molecule has 0 aromatic rings. The average molecular weight is 267 g/mol. The van der Waals surface area contributed by atoms with Gasteiger partial charge in [0.15, 0.2) is 6.10 Å². The predicted octanol–water partition coefficient (Wildman–Crippen LogP) is 3.25. The Kier molecular flexibility index (Phi) is 6.43. The summed E-state index contributed by atoms with van der Waals surface area (Å²) in [5.41, 5.74) is 0. The van der Waals surface area contributed by atoms with Gasteiger partial charge in [0.1, 0.15) is 0 Å². The number of hydrogen-bond acceptors (Lipinski definition) is 2. The smallest absolute Gasteiger partial charge is 0.382 e. The lowest BCUT2D eigenvalue weighted by atomic mass is 9.95. The maximum Gasteiger partial charge on any atom is 0.415 e. The number of rotatable bonds is 5. The Bertz CT molecular complexity index is 233. The molecule has 1 rings (SSSR count). The van der Waals surface area contributed by atoms with E-state index >= 15 is 0 Å². The van der Waals surface area contributed by atoms with Crippen molar-refractivity contribution in [1.29, 1.82) is 0 Å². The molecule has 1 aliphatic carbocycles. The molecule has 1 fully saturated rings. The fourth-order valence-corrected chi connectivity index (χ4v) is 2.67. The van der Waals surface area contributed by atoms with Crippen molar-refractivity contribution >= 4 is 0 Å². The molecule has 0 aliphatic heterocycles. The first-order chi connectivity index (χ1) is 8.43. The minimum atomic E-state index is -4.51. The van der Waals surface area contributed by atoms with E-state index in [-0.39, 0.29) is 12.6 Å². The van der Waals surface area contributed by atoms with Gasteiger partial charge in [-0.1, -0.05) is 32.6 Å². The molecule has 0 amide bonds. The number of halogens is 3. The molecule has 2 nitrogen and oxygen atoms in total. The normalized spacial score (nSPS) is 27.8. The summed E-state index contributed by atoms with van der Waals surface area (Å²) in [6, 6.07) is 0.129. The largest absolute Gasteiger partial charge is 0.415 e. The summed E-state index contributed by atoms with van der Waals surface area (Å²) in [6.45, 7) is 1.78. The van der Waals surface area contributed by atoms with Crippen LogP contribution in [0.3, 0.4) is 0 Å². The highest BCUT2D eigenvalue weighted by molar-refractivity contribution is 4.77. The van der Waals surface area contributed by atoms with E-state index in [1.54, 1.807) is 0 Å². The predicted molar refractivity (Wildman–Crippen MR) is 65.3 cm³/mol. The molecule has 1 aliphatic rings. The van der Waals surface area contributed by atoms with Gasteiger partial charge in [0, 0.05) is 12.6 Å². The van der Waals surface area contributed by atoms with Crippen LogP contribution in [0.25, 0.3) is 0 Å². The van der Waals surface area contributed by atoms with Gasteiger partial charge in [-0.25, -0.2) is 0 Å². The van der Waals surface area contributed by atoms with Crippen LogP contribution in [-0.4, -0.2) is 30.0 Å². The van der Waals surface area contributed by atoms with Crippen molar-refractivity contribution in [3.8, 4) is 0 Å². The summed E-state index contributed by atoms with van der Waals surface area (Å²) in [7, 11) is 0. The van der Waals surface area contributed by atoms with Crippen molar-refractivity contribution in [2.75, 3.05) is 6.54 Å². The second-order valence-corrected chi connectivity index (χ2v) is 5.33. The van der Waals surface area contributed by atoms with Crippen LogP contribution in [0.2, 0.25) is 0 Å². The molecule has 0 bridgehead atoms. The standard InChI is InChI=1S/C13H24F3NO/c1-2-4-10-5-3-6-11(8-7-10)17-9-12(18)13(14,15)16/h10-12,17-18H,2-9H2,1H3. The van der Waals surface area contributed by atoms with Gasteiger partial charge in [-0.3, -0.25) is 0 Å². The van der Waals surface area contributed by atoms with E-state index in [2.05, 4.69) is 12.2 Å². The Morgan fingerprint density at radius 3 is 2.56 bits per heavy atom. The molecule has 18 heavy (non-hydrogen) atoms. The minimum absolute atomic E-state index is 0.129. The molecule has 2 N–H and O–H groups in total. The molecule has 5 heteroatoms. The zero-order valence-electron chi connectivity index (χ0n) is 11.0. The summed E-state index contributed by atoms with van der Waals surface area (Å²) >= 11 is 0. The topological polar surface area (TPSA) is 32.3 Å². The van der Waals surface area contributed by atoms with E-state index in [0.717, 1.165) is 31.6 Å². The molecule has 0 radical (unpaired) electrons. The van der Waals surface area contributed by atoms with Crippen molar-refractivity contribution in [1.82, 2.24) is 5.32 Å². The first kappa shape index (κ1) is 15.8. The Labute approximate surface area is 107 Å². The maximum absolute atomic E-state index is 12.2. The van der Waals surface area contributed by atoms with Crippen LogP contribution in [0.4, 0.5) is 13.2 Å². The molecule has 0 heterocycles. The quantitative estimate of drug-likeness (QED) is 0.749. The molecule has 1 saturated carbocycles. The monoisotopic (exact) mass is 267 g/mol. The molecule has 3 unspecified atom stereocenters. The Morgan fingerprint density at radius 2 is 1.94 bits per heavy atom. The fraction of sp³-hybridized carbons (Fsp3) is 1.00. The van der Waals surface area contributed by atoms with Gasteiger partial charge in [0.25, 0.3) is 0 Å². The van der Waals surface area contributed by atoms with E-state index < -0.39 is 12.3 Å². The van der Waals surface area contributed by atoms with Crippen LogP contribution in [-0.2, 0) is 0 Å². The van der Waals surface area contributed by atoms with Gasteiger partial charge in [-0.15, -0.1) is 0 Å². The number of alkyl halides is 3. The highest BCUT2D eigenvalue weighted by Gasteiger charge is 2.38. The van der Waals surface area contributed by atoms with Gasteiger partial charge in [0.2, 0.25) is 0 Å². The number of aliphatic hydroxyl groups is 1. The highest BCUT2D eigenvalue weighted by atomic mass is 19.4. The van der Waals surface area contributed by atoms with Crippen LogP contribution in [0.5, 0.6) is 0 Å². The summed E-state index contributed by atoms with van der Waals surface area (Å²) in [6.07, 6.45) is 0.842. The van der Waals surface area contributed by atoms with Crippen LogP contribution in [0.15, 0.2) is 0 Å². The third kappa shape index (κ3) is 5.57. The van der Waals surface area contributed by atoms with E-state index in [0.29, 0.717) is 0 Å². The summed E-state index contributed by atoms with van der Waals surface area (Å²) in [5, 5.41) is 11.8. The molecular formula is C13H24F3NO. The van der Waals surface area contributed by atoms with Crippen molar-refractivity contribution < 1.29 is 18.3 Å². The highest BCUT2D eigenvalue weighted by Crippen LogP contribution is 2.27. The zero-order valence-corrected chi connectivity index (χ0v) is 11.0. The molecule has 0 aromatic carbocycles. The molecule has 0 aromatic heterocycles. The van der Waals surface area contributed by atoms with Crippen LogP contribution >= 0.6 is 0 Å². The summed E-state index contributed by atoms with van der Waals surface area (Å²) < 4.78 is 36.5. The van der Waals surface area contributed by atoms with Gasteiger partial charge in [-0.05, 0) is 25.2 Å². The van der Waals surface area contributed by atoms with Crippen molar-refractivity contribution in [3.63, 3.8) is 0 Å². The second kappa shape index (κ2) is 7.34. The molecular weight excluding hydrogens is 243 g/mol. The molecule has 108 valence electrons. The van der Waals surface area contributed by atoms with E-state index in [4.69, 9.17) is 5.11 Å². The van der Waals surface area contributed by atoms with Gasteiger partial charge in [0.05, 0.1) is 0 Å². The van der Waals surface area contributed by atoms with Crippen molar-refractivity contribution in [2.24, 2.45) is 5.92 Å². The summed E-state index contributed by atoms with van der Waals surface area (Å²) in [4.78, 5) is 0. The Morgan fingerprint density at radius 1 is 1.22 bits per heavy atom. The van der Waals surface area contributed by atoms with E-state index in [9.17, 15) is 13.2 Å². The second-order valence-electron chi connectivity index (χ2n) is 5.33. The summed E-state index contributed by atoms with van der Waals surface area (Å²) in [5.74, 6) is 0.731. The van der Waals surface area contributed by atoms with Crippen LogP contribution < -0.4 is 5.32 Å². The number of hydrogen-bond donors (Lipinski definition) is 2. The third-order valence-corrected chi connectivity index (χ3v) is 3.76. The number of nitrogens with one attached hydrogen (secondary N) is 1. The van der Waals surface area contributed by atoms with Crippen LogP contribution in [0.1, 0.15) is 51.9 Å². The average Bonchev–Trinajstić information content (AvgIpc) is 2.51. The van der Waals surface area contributed by atoms with Gasteiger partial charge >= 0.3 is 6.18 Å². The molecule has 0 saturated heterocycles.